The fourth-order valence-electron chi connectivity index (χ4n) is 5.43. The van der Waals surface area contributed by atoms with Crippen LogP contribution in [0.1, 0.15) is 88.0 Å². The second kappa shape index (κ2) is 13.1. The van der Waals surface area contributed by atoms with Crippen LogP contribution >= 0.6 is 0 Å². The molecule has 1 heteroatoms. The van der Waals surface area contributed by atoms with E-state index in [9.17, 15) is 0 Å². The van der Waals surface area contributed by atoms with Crippen molar-refractivity contribution in [1.29, 1.82) is 0 Å². The van der Waals surface area contributed by atoms with Crippen molar-refractivity contribution in [2.45, 2.75) is 91.5 Å². The molecular formula is C35H47N. The molecule has 1 nitrogen and oxygen atoms in total. The summed E-state index contributed by atoms with van der Waals surface area (Å²) < 4.78 is 0. The van der Waals surface area contributed by atoms with E-state index in [1.807, 2.05) is 6.08 Å². The van der Waals surface area contributed by atoms with Crippen LogP contribution < -0.4 is 5.73 Å². The van der Waals surface area contributed by atoms with Gasteiger partial charge in [-0.15, -0.1) is 0 Å². The zero-order valence-corrected chi connectivity index (χ0v) is 23.4. The van der Waals surface area contributed by atoms with E-state index in [-0.39, 0.29) is 5.54 Å². The Morgan fingerprint density at radius 2 is 1.75 bits per heavy atom. The maximum Gasteiger partial charge on any atom is 0.0158 e. The van der Waals surface area contributed by atoms with Crippen molar-refractivity contribution < 1.29 is 0 Å². The highest BCUT2D eigenvalue weighted by molar-refractivity contribution is 5.73. The second-order valence-electron chi connectivity index (χ2n) is 11.0. The zero-order chi connectivity index (χ0) is 26.1. The summed E-state index contributed by atoms with van der Waals surface area (Å²) >= 11 is 0. The average molecular weight is 482 g/mol. The molecule has 2 fully saturated rings. The Balaban J connectivity index is 0.000000275. The maximum absolute atomic E-state index is 6.16. The van der Waals surface area contributed by atoms with Gasteiger partial charge < -0.3 is 5.73 Å². The van der Waals surface area contributed by atoms with Gasteiger partial charge in [0.15, 0.2) is 0 Å². The summed E-state index contributed by atoms with van der Waals surface area (Å²) in [6, 6.07) is 13.6. The summed E-state index contributed by atoms with van der Waals surface area (Å²) in [7, 11) is 0. The Bertz CT molecular complexity index is 1100. The summed E-state index contributed by atoms with van der Waals surface area (Å²) in [4.78, 5) is 0. The average Bonchev–Trinajstić information content (AvgIpc) is 3.46. The van der Waals surface area contributed by atoms with Crippen LogP contribution in [0.15, 0.2) is 78.4 Å². The molecule has 4 rings (SSSR count). The number of benzene rings is 2. The van der Waals surface area contributed by atoms with Crippen molar-refractivity contribution in [1.82, 2.24) is 0 Å². The first-order valence-corrected chi connectivity index (χ1v) is 13.9. The van der Waals surface area contributed by atoms with Crippen LogP contribution in [0.3, 0.4) is 0 Å². The molecule has 2 saturated carbocycles. The van der Waals surface area contributed by atoms with Gasteiger partial charge in [0.05, 0.1) is 0 Å². The van der Waals surface area contributed by atoms with E-state index in [1.54, 1.807) is 0 Å². The highest BCUT2D eigenvalue weighted by Crippen LogP contribution is 2.37. The summed E-state index contributed by atoms with van der Waals surface area (Å²) in [5.41, 5.74) is 17.5. The summed E-state index contributed by atoms with van der Waals surface area (Å²) in [6.45, 7) is 14.8. The van der Waals surface area contributed by atoms with Gasteiger partial charge in [-0.25, -0.2) is 0 Å². The fourth-order valence-corrected chi connectivity index (χ4v) is 5.43. The van der Waals surface area contributed by atoms with Crippen LogP contribution in [-0.2, 0) is 6.42 Å². The highest BCUT2D eigenvalue weighted by Gasteiger charge is 2.36. The predicted molar refractivity (Wildman–Crippen MR) is 160 cm³/mol. The molecule has 0 bridgehead atoms. The third-order valence-corrected chi connectivity index (χ3v) is 7.54. The molecular weight excluding hydrogens is 434 g/mol. The van der Waals surface area contributed by atoms with Gasteiger partial charge in [0, 0.05) is 5.54 Å². The number of allylic oxidation sites excluding steroid dienone is 6. The molecule has 0 radical (unpaired) electrons. The molecule has 0 saturated heterocycles. The normalized spacial score (nSPS) is 20.6. The Hall–Kier alpha value is -2.64. The Morgan fingerprint density at radius 1 is 1.06 bits per heavy atom. The van der Waals surface area contributed by atoms with Gasteiger partial charge in [0.2, 0.25) is 0 Å². The molecule has 2 aliphatic carbocycles. The Labute approximate surface area is 220 Å². The van der Waals surface area contributed by atoms with Crippen LogP contribution in [0.2, 0.25) is 0 Å². The Kier molecular flexibility index (Phi) is 10.1. The van der Waals surface area contributed by atoms with Gasteiger partial charge in [0.1, 0.15) is 0 Å². The van der Waals surface area contributed by atoms with Crippen LogP contribution in [0.5, 0.6) is 0 Å². The number of hydrogen-bond acceptors (Lipinski definition) is 1. The standard InChI is InChI=1S/C24H31N.C11H16/c1-4-8-20-10-7-11-22(17-20)23-18(2)15-21(16-19(23)3)9-5-6-12-24(25)13-14-24;1-4-6-11-8-9(3)7-10(11)5-2/h5,7,9-11,15-17H,4,6,8,12-14,25H2,1-3H3;4-6,9H,1,7-8H2,2-3H3/b9-5-;10-5-,11-6-. The lowest BCUT2D eigenvalue weighted by atomic mass is 9.92. The van der Waals surface area contributed by atoms with E-state index >= 15 is 0 Å². The second-order valence-corrected chi connectivity index (χ2v) is 11.0. The molecule has 192 valence electrons. The molecule has 0 aromatic heterocycles. The van der Waals surface area contributed by atoms with Gasteiger partial charge >= 0.3 is 0 Å². The quantitative estimate of drug-likeness (QED) is 0.399. The van der Waals surface area contributed by atoms with E-state index in [0.29, 0.717) is 0 Å². The minimum atomic E-state index is 0.156. The van der Waals surface area contributed by atoms with Crippen molar-refractivity contribution in [2.75, 3.05) is 0 Å². The first-order chi connectivity index (χ1) is 17.3. The zero-order valence-electron chi connectivity index (χ0n) is 23.4. The number of aryl methyl sites for hydroxylation is 3. The van der Waals surface area contributed by atoms with Gasteiger partial charge in [0.25, 0.3) is 0 Å². The highest BCUT2D eigenvalue weighted by atomic mass is 14.8. The third kappa shape index (κ3) is 7.93. The van der Waals surface area contributed by atoms with Crippen molar-refractivity contribution in [3.8, 4) is 11.1 Å². The first kappa shape index (κ1) is 27.9. The maximum atomic E-state index is 6.16. The topological polar surface area (TPSA) is 26.0 Å². The van der Waals surface area contributed by atoms with Crippen molar-refractivity contribution in [3.05, 3.63) is 101 Å². The predicted octanol–water partition coefficient (Wildman–Crippen LogP) is 9.68. The monoisotopic (exact) mass is 481 g/mol. The van der Waals surface area contributed by atoms with Gasteiger partial charge in [-0.05, 0) is 116 Å². The van der Waals surface area contributed by atoms with Gasteiger partial charge in [-0.2, -0.15) is 0 Å². The van der Waals surface area contributed by atoms with Gasteiger partial charge in [-0.1, -0.05) is 93.6 Å². The molecule has 2 N–H and O–H groups in total. The van der Waals surface area contributed by atoms with E-state index in [0.717, 1.165) is 25.2 Å². The molecule has 2 aromatic carbocycles. The van der Waals surface area contributed by atoms with E-state index in [2.05, 4.69) is 102 Å². The number of rotatable bonds is 8. The van der Waals surface area contributed by atoms with E-state index < -0.39 is 0 Å². The third-order valence-electron chi connectivity index (χ3n) is 7.54. The van der Waals surface area contributed by atoms with Crippen molar-refractivity contribution in [3.63, 3.8) is 0 Å². The summed E-state index contributed by atoms with van der Waals surface area (Å²) in [5, 5.41) is 0. The SMILES string of the molecule is C=C/C=C1/CC(C)C/C1=C/C.CCCc1cccc(-c2c(C)cc(/C=C\CCC3(N)CC3)cc2C)c1. The Morgan fingerprint density at radius 3 is 2.36 bits per heavy atom. The lowest BCUT2D eigenvalue weighted by Gasteiger charge is -2.13. The lowest BCUT2D eigenvalue weighted by molar-refractivity contribution is 0.618. The lowest BCUT2D eigenvalue weighted by Crippen LogP contribution is -2.20. The minimum Gasteiger partial charge on any atom is -0.325 e. The van der Waals surface area contributed by atoms with Crippen LogP contribution in [-0.4, -0.2) is 5.54 Å². The first-order valence-electron chi connectivity index (χ1n) is 13.9. The van der Waals surface area contributed by atoms with Crippen molar-refractivity contribution in [2.24, 2.45) is 11.7 Å². The molecule has 1 unspecified atom stereocenters. The van der Waals surface area contributed by atoms with Gasteiger partial charge in [-0.3, -0.25) is 0 Å². The molecule has 0 heterocycles. The molecule has 2 aromatic rings. The van der Waals surface area contributed by atoms with Crippen molar-refractivity contribution >= 4 is 6.08 Å². The molecule has 1 atom stereocenters. The molecule has 0 spiro atoms. The van der Waals surface area contributed by atoms with Crippen LogP contribution in [0.25, 0.3) is 17.2 Å². The summed E-state index contributed by atoms with van der Waals surface area (Å²) in [6.07, 6.45) is 20.2. The van der Waals surface area contributed by atoms with Crippen LogP contribution in [0.4, 0.5) is 0 Å². The molecule has 2 aliphatic rings. The minimum absolute atomic E-state index is 0.156. The van der Waals surface area contributed by atoms with E-state index in [1.165, 1.54) is 76.6 Å². The number of hydrogen-bond donors (Lipinski definition) is 1. The largest absolute Gasteiger partial charge is 0.325 e. The molecule has 36 heavy (non-hydrogen) atoms. The van der Waals surface area contributed by atoms with E-state index in [4.69, 9.17) is 5.73 Å². The number of nitrogens with two attached hydrogens (primary N) is 1. The molecule has 0 amide bonds. The smallest absolute Gasteiger partial charge is 0.0158 e. The summed E-state index contributed by atoms with van der Waals surface area (Å²) in [5.74, 6) is 0.826. The van der Waals surface area contributed by atoms with Crippen LogP contribution in [0, 0.1) is 19.8 Å². The molecule has 0 aliphatic heterocycles. The fraction of sp³-hybridized carbons (Fsp3) is 0.429.